The topological polar surface area (TPSA) is 60.8 Å². The largest absolute Gasteiger partial charge is 0.508 e. The standard InChI is InChI=1S/C13H18FNO3/c1-3-6-15(8-13(17)18)9(2)11-5-4-10(16)7-12(11)14/h4-5,7,9,16H,3,6,8H2,1-2H3,(H,17,18). The number of carboxylic acid groups (broad SMARTS) is 1. The van der Waals surface area contributed by atoms with E-state index < -0.39 is 11.8 Å². The van der Waals surface area contributed by atoms with Crippen molar-refractivity contribution >= 4 is 5.97 Å². The van der Waals surface area contributed by atoms with Crippen LogP contribution in [0, 0.1) is 5.82 Å². The summed E-state index contributed by atoms with van der Waals surface area (Å²) in [6.45, 7) is 4.14. The van der Waals surface area contributed by atoms with Crippen molar-refractivity contribution in [3.05, 3.63) is 29.6 Å². The number of halogens is 1. The first-order chi connectivity index (χ1) is 8.45. The van der Waals surface area contributed by atoms with Gasteiger partial charge in [0.05, 0.1) is 6.54 Å². The molecule has 0 bridgehead atoms. The Morgan fingerprint density at radius 1 is 1.50 bits per heavy atom. The molecule has 100 valence electrons. The van der Waals surface area contributed by atoms with E-state index in [4.69, 9.17) is 10.2 Å². The quantitative estimate of drug-likeness (QED) is 0.819. The van der Waals surface area contributed by atoms with Gasteiger partial charge in [-0.1, -0.05) is 13.0 Å². The number of aliphatic carboxylic acids is 1. The van der Waals surface area contributed by atoms with Crippen molar-refractivity contribution in [3.8, 4) is 5.75 Å². The van der Waals surface area contributed by atoms with E-state index in [1.165, 1.54) is 12.1 Å². The lowest BCUT2D eigenvalue weighted by Crippen LogP contribution is -2.33. The maximum absolute atomic E-state index is 13.7. The van der Waals surface area contributed by atoms with E-state index in [0.29, 0.717) is 12.1 Å². The highest BCUT2D eigenvalue weighted by molar-refractivity contribution is 5.69. The third-order valence-electron chi connectivity index (χ3n) is 2.83. The van der Waals surface area contributed by atoms with Crippen LogP contribution in [-0.4, -0.2) is 34.2 Å². The normalized spacial score (nSPS) is 12.7. The summed E-state index contributed by atoms with van der Waals surface area (Å²) in [6, 6.07) is 3.58. The first kappa shape index (κ1) is 14.4. The van der Waals surface area contributed by atoms with Crippen molar-refractivity contribution in [2.24, 2.45) is 0 Å². The molecule has 0 fully saturated rings. The van der Waals surface area contributed by atoms with Crippen LogP contribution in [0.25, 0.3) is 0 Å². The number of phenols is 1. The summed E-state index contributed by atoms with van der Waals surface area (Å²) < 4.78 is 13.7. The van der Waals surface area contributed by atoms with Crippen molar-refractivity contribution in [1.82, 2.24) is 4.90 Å². The Bertz CT molecular complexity index is 423. The van der Waals surface area contributed by atoms with Gasteiger partial charge in [0.1, 0.15) is 11.6 Å². The second-order valence-corrected chi connectivity index (χ2v) is 4.25. The molecule has 0 spiro atoms. The van der Waals surface area contributed by atoms with Gasteiger partial charge in [0, 0.05) is 17.7 Å². The zero-order valence-corrected chi connectivity index (χ0v) is 10.6. The van der Waals surface area contributed by atoms with Crippen molar-refractivity contribution in [1.29, 1.82) is 0 Å². The van der Waals surface area contributed by atoms with E-state index in [0.717, 1.165) is 12.5 Å². The first-order valence-electron chi connectivity index (χ1n) is 5.90. The van der Waals surface area contributed by atoms with Crippen molar-refractivity contribution in [2.45, 2.75) is 26.3 Å². The van der Waals surface area contributed by atoms with Gasteiger partial charge in [0.2, 0.25) is 0 Å². The van der Waals surface area contributed by atoms with Gasteiger partial charge in [-0.3, -0.25) is 9.69 Å². The smallest absolute Gasteiger partial charge is 0.317 e. The Labute approximate surface area is 106 Å². The van der Waals surface area contributed by atoms with Gasteiger partial charge in [0.25, 0.3) is 0 Å². The van der Waals surface area contributed by atoms with Gasteiger partial charge in [-0.15, -0.1) is 0 Å². The van der Waals surface area contributed by atoms with Crippen molar-refractivity contribution in [2.75, 3.05) is 13.1 Å². The van der Waals surface area contributed by atoms with Crippen LogP contribution in [0.1, 0.15) is 31.9 Å². The van der Waals surface area contributed by atoms with Crippen LogP contribution in [0.4, 0.5) is 4.39 Å². The highest BCUT2D eigenvalue weighted by Crippen LogP contribution is 2.25. The van der Waals surface area contributed by atoms with E-state index in [9.17, 15) is 9.18 Å². The van der Waals surface area contributed by atoms with E-state index in [2.05, 4.69) is 0 Å². The van der Waals surface area contributed by atoms with Gasteiger partial charge in [-0.25, -0.2) is 4.39 Å². The number of nitrogens with zero attached hydrogens (tertiary/aromatic N) is 1. The lowest BCUT2D eigenvalue weighted by atomic mass is 10.1. The monoisotopic (exact) mass is 255 g/mol. The Kier molecular flexibility index (Phi) is 5.09. The molecule has 0 saturated carbocycles. The summed E-state index contributed by atoms with van der Waals surface area (Å²) in [4.78, 5) is 12.5. The maximum Gasteiger partial charge on any atom is 0.317 e. The molecule has 18 heavy (non-hydrogen) atoms. The van der Waals surface area contributed by atoms with Crippen LogP contribution in [0.3, 0.4) is 0 Å². The highest BCUT2D eigenvalue weighted by atomic mass is 19.1. The minimum atomic E-state index is -0.936. The fraction of sp³-hybridized carbons (Fsp3) is 0.462. The van der Waals surface area contributed by atoms with Crippen LogP contribution in [0.5, 0.6) is 5.75 Å². The van der Waals surface area contributed by atoms with Gasteiger partial charge >= 0.3 is 5.97 Å². The highest BCUT2D eigenvalue weighted by Gasteiger charge is 2.20. The fourth-order valence-electron chi connectivity index (χ4n) is 1.92. The molecule has 0 radical (unpaired) electrons. The number of hydrogen-bond acceptors (Lipinski definition) is 3. The van der Waals surface area contributed by atoms with E-state index in [-0.39, 0.29) is 18.3 Å². The number of benzene rings is 1. The minimum Gasteiger partial charge on any atom is -0.508 e. The van der Waals surface area contributed by atoms with Gasteiger partial charge < -0.3 is 10.2 Å². The van der Waals surface area contributed by atoms with E-state index in [1.54, 1.807) is 11.8 Å². The minimum absolute atomic E-state index is 0.130. The Balaban J connectivity index is 2.93. The molecular weight excluding hydrogens is 237 g/mol. The molecule has 5 heteroatoms. The number of aromatic hydroxyl groups is 1. The molecule has 1 rings (SSSR count). The van der Waals surface area contributed by atoms with Gasteiger partial charge in [-0.2, -0.15) is 0 Å². The maximum atomic E-state index is 13.7. The second kappa shape index (κ2) is 6.35. The summed E-state index contributed by atoms with van der Waals surface area (Å²) >= 11 is 0. The van der Waals surface area contributed by atoms with Crippen LogP contribution in [0.2, 0.25) is 0 Å². The zero-order chi connectivity index (χ0) is 13.7. The average molecular weight is 255 g/mol. The number of rotatable bonds is 6. The second-order valence-electron chi connectivity index (χ2n) is 4.25. The summed E-state index contributed by atoms with van der Waals surface area (Å²) in [5.41, 5.74) is 0.391. The molecule has 1 atom stereocenters. The molecule has 0 heterocycles. The molecule has 0 amide bonds. The van der Waals surface area contributed by atoms with Crippen LogP contribution < -0.4 is 0 Å². The lowest BCUT2D eigenvalue weighted by molar-refractivity contribution is -0.138. The number of carbonyl (C=O) groups is 1. The molecular formula is C13H18FNO3. The number of hydrogen-bond donors (Lipinski definition) is 2. The molecule has 2 N–H and O–H groups in total. The molecule has 0 aliphatic heterocycles. The van der Waals surface area contributed by atoms with E-state index >= 15 is 0 Å². The fourth-order valence-corrected chi connectivity index (χ4v) is 1.92. The number of carboxylic acids is 1. The molecule has 0 aliphatic carbocycles. The van der Waals surface area contributed by atoms with Crippen molar-refractivity contribution in [3.63, 3.8) is 0 Å². The van der Waals surface area contributed by atoms with E-state index in [1.807, 2.05) is 6.92 Å². The van der Waals surface area contributed by atoms with Crippen LogP contribution in [-0.2, 0) is 4.79 Å². The summed E-state index contributed by atoms with van der Waals surface area (Å²) in [5.74, 6) is -1.59. The van der Waals surface area contributed by atoms with Gasteiger partial charge in [0.15, 0.2) is 0 Å². The Hall–Kier alpha value is -1.62. The van der Waals surface area contributed by atoms with Crippen molar-refractivity contribution < 1.29 is 19.4 Å². The number of phenolic OH excluding ortho intramolecular Hbond substituents is 1. The summed E-state index contributed by atoms with van der Waals surface area (Å²) in [7, 11) is 0. The van der Waals surface area contributed by atoms with Crippen LogP contribution >= 0.6 is 0 Å². The molecule has 1 aromatic carbocycles. The lowest BCUT2D eigenvalue weighted by Gasteiger charge is -2.27. The molecule has 1 unspecified atom stereocenters. The molecule has 4 nitrogen and oxygen atoms in total. The molecule has 1 aromatic rings. The zero-order valence-electron chi connectivity index (χ0n) is 10.6. The SMILES string of the molecule is CCCN(CC(=O)O)C(C)c1ccc(O)cc1F. The van der Waals surface area contributed by atoms with Gasteiger partial charge in [-0.05, 0) is 26.0 Å². The first-order valence-corrected chi connectivity index (χ1v) is 5.90. The third kappa shape index (κ3) is 3.70. The molecule has 0 aliphatic rings. The Morgan fingerprint density at radius 2 is 2.17 bits per heavy atom. The molecule has 0 aromatic heterocycles. The summed E-state index contributed by atoms with van der Waals surface area (Å²) in [5, 5.41) is 18.0. The predicted octanol–water partition coefficient (Wildman–Crippen LogP) is 2.39. The summed E-state index contributed by atoms with van der Waals surface area (Å²) in [6.07, 6.45) is 0.789. The third-order valence-corrected chi connectivity index (χ3v) is 2.83. The average Bonchev–Trinajstić information content (AvgIpc) is 2.27. The van der Waals surface area contributed by atoms with Crippen LogP contribution in [0.15, 0.2) is 18.2 Å². The Morgan fingerprint density at radius 3 is 2.67 bits per heavy atom. The predicted molar refractivity (Wildman–Crippen MR) is 66.0 cm³/mol. The molecule has 0 saturated heterocycles.